The highest BCUT2D eigenvalue weighted by Crippen LogP contribution is 2.15. The number of aromatic nitrogens is 1. The first-order valence-electron chi connectivity index (χ1n) is 3.93. The highest BCUT2D eigenvalue weighted by Gasteiger charge is 2.11. The van der Waals surface area contributed by atoms with Crippen LogP contribution in [0.2, 0.25) is 0 Å². The number of carbonyl (C=O) groups excluding carboxylic acids is 1. The monoisotopic (exact) mass is 255 g/mol. The maximum absolute atomic E-state index is 11.4. The number of carbonyl (C=O) groups is 1. The van der Waals surface area contributed by atoms with E-state index in [0.29, 0.717) is 16.7 Å². The summed E-state index contributed by atoms with van der Waals surface area (Å²) in [7, 11) is 0. The molecule has 2 aromatic rings. The van der Waals surface area contributed by atoms with Crippen molar-refractivity contribution in [3.8, 4) is 0 Å². The van der Waals surface area contributed by atoms with Gasteiger partial charge in [-0.05, 0) is 12.1 Å². The summed E-state index contributed by atoms with van der Waals surface area (Å²) in [6.07, 6.45) is 0. The van der Waals surface area contributed by atoms with Gasteiger partial charge in [-0.15, -0.1) is 0 Å². The van der Waals surface area contributed by atoms with Crippen molar-refractivity contribution in [2.24, 2.45) is 0 Å². The Morgan fingerprint density at radius 3 is 3.00 bits per heavy atom. The largest absolute Gasteiger partial charge is 0.417 e. The molecule has 14 heavy (non-hydrogen) atoms. The molecular formula is C9H6BrNO3. The number of nitrogens with one attached hydrogen (secondary N) is 1. The summed E-state index contributed by atoms with van der Waals surface area (Å²) in [6, 6.07) is 4.96. The van der Waals surface area contributed by atoms with E-state index in [1.54, 1.807) is 18.2 Å². The predicted molar refractivity (Wildman–Crippen MR) is 55.0 cm³/mol. The average molecular weight is 256 g/mol. The first-order chi connectivity index (χ1) is 6.72. The van der Waals surface area contributed by atoms with Crippen LogP contribution in [0, 0.1) is 0 Å². The zero-order valence-corrected chi connectivity index (χ0v) is 8.63. The molecule has 0 amide bonds. The van der Waals surface area contributed by atoms with Crippen LogP contribution in [-0.2, 0) is 0 Å². The van der Waals surface area contributed by atoms with Crippen molar-refractivity contribution in [3.05, 3.63) is 34.3 Å². The number of para-hydroxylation sites is 1. The van der Waals surface area contributed by atoms with Crippen molar-refractivity contribution in [2.45, 2.75) is 0 Å². The van der Waals surface area contributed by atoms with Crippen LogP contribution in [0.25, 0.3) is 11.1 Å². The van der Waals surface area contributed by atoms with Crippen LogP contribution in [0.15, 0.2) is 27.4 Å². The van der Waals surface area contributed by atoms with E-state index < -0.39 is 5.76 Å². The Kier molecular flexibility index (Phi) is 2.25. The van der Waals surface area contributed by atoms with Crippen LogP contribution in [0.1, 0.15) is 10.4 Å². The summed E-state index contributed by atoms with van der Waals surface area (Å²) in [5, 5.41) is 0.222. The second-order valence-corrected chi connectivity index (χ2v) is 3.31. The van der Waals surface area contributed by atoms with Crippen molar-refractivity contribution in [1.29, 1.82) is 0 Å². The number of benzene rings is 1. The molecule has 72 valence electrons. The van der Waals surface area contributed by atoms with Crippen molar-refractivity contribution in [1.82, 2.24) is 4.98 Å². The Balaban J connectivity index is 2.76. The number of aromatic amines is 1. The SMILES string of the molecule is O=C(CBr)c1cccc2oc(=O)[nH]c12. The second kappa shape index (κ2) is 3.42. The van der Waals surface area contributed by atoms with Crippen LogP contribution in [0.5, 0.6) is 0 Å². The molecule has 1 heterocycles. The standard InChI is InChI=1S/C9H6BrNO3/c10-4-6(12)5-2-1-3-7-8(5)11-9(13)14-7/h1-3H,4H2,(H,11,13). The fourth-order valence-electron chi connectivity index (χ4n) is 1.28. The number of hydrogen-bond donors (Lipinski definition) is 1. The van der Waals surface area contributed by atoms with Gasteiger partial charge in [-0.1, -0.05) is 22.0 Å². The molecule has 0 fully saturated rings. The molecule has 0 saturated heterocycles. The number of alkyl halides is 1. The van der Waals surface area contributed by atoms with E-state index in [-0.39, 0.29) is 11.1 Å². The second-order valence-electron chi connectivity index (χ2n) is 2.75. The number of oxazole rings is 1. The summed E-state index contributed by atoms with van der Waals surface area (Å²) in [5.41, 5.74) is 1.33. The van der Waals surface area contributed by atoms with E-state index in [1.165, 1.54) is 0 Å². The zero-order valence-electron chi connectivity index (χ0n) is 7.04. The maximum atomic E-state index is 11.4. The highest BCUT2D eigenvalue weighted by atomic mass is 79.9. The molecular weight excluding hydrogens is 250 g/mol. The molecule has 0 aliphatic rings. The Hall–Kier alpha value is -1.36. The van der Waals surface area contributed by atoms with Gasteiger partial charge in [0.25, 0.3) is 0 Å². The normalized spacial score (nSPS) is 10.6. The van der Waals surface area contributed by atoms with Gasteiger partial charge < -0.3 is 4.42 Å². The summed E-state index contributed by atoms with van der Waals surface area (Å²) in [6.45, 7) is 0. The van der Waals surface area contributed by atoms with Crippen LogP contribution >= 0.6 is 15.9 Å². The molecule has 0 aliphatic carbocycles. The molecule has 0 atom stereocenters. The number of fused-ring (bicyclic) bond motifs is 1. The Labute approximate surface area is 87.0 Å². The predicted octanol–water partition coefficient (Wildman–Crippen LogP) is 1.70. The lowest BCUT2D eigenvalue weighted by Crippen LogP contribution is -2.01. The fraction of sp³-hybridized carbons (Fsp3) is 0.111. The number of halogens is 1. The van der Waals surface area contributed by atoms with Crippen LogP contribution in [0.3, 0.4) is 0 Å². The van der Waals surface area contributed by atoms with Crippen LogP contribution in [-0.4, -0.2) is 16.1 Å². The molecule has 5 heteroatoms. The van der Waals surface area contributed by atoms with Crippen molar-refractivity contribution < 1.29 is 9.21 Å². The molecule has 0 aliphatic heterocycles. The maximum Gasteiger partial charge on any atom is 0.417 e. The molecule has 4 nitrogen and oxygen atoms in total. The van der Waals surface area contributed by atoms with E-state index in [1.807, 2.05) is 0 Å². The Morgan fingerprint density at radius 1 is 1.50 bits per heavy atom. The quantitative estimate of drug-likeness (QED) is 0.657. The smallest absolute Gasteiger partial charge is 0.408 e. The van der Waals surface area contributed by atoms with Crippen molar-refractivity contribution in [3.63, 3.8) is 0 Å². The van der Waals surface area contributed by atoms with Gasteiger partial charge in [-0.2, -0.15) is 0 Å². The minimum Gasteiger partial charge on any atom is -0.408 e. The zero-order chi connectivity index (χ0) is 10.1. The average Bonchev–Trinajstić information content (AvgIpc) is 2.56. The van der Waals surface area contributed by atoms with E-state index >= 15 is 0 Å². The Morgan fingerprint density at radius 2 is 2.29 bits per heavy atom. The molecule has 1 N–H and O–H groups in total. The van der Waals surface area contributed by atoms with Gasteiger partial charge in [0.15, 0.2) is 11.4 Å². The van der Waals surface area contributed by atoms with E-state index in [0.717, 1.165) is 0 Å². The molecule has 2 rings (SSSR count). The van der Waals surface area contributed by atoms with Gasteiger partial charge in [0.2, 0.25) is 0 Å². The molecule has 0 bridgehead atoms. The summed E-state index contributed by atoms with van der Waals surface area (Å²) in [5.74, 6) is -0.637. The molecule has 1 aromatic heterocycles. The molecule has 0 spiro atoms. The minimum absolute atomic E-state index is 0.0901. The van der Waals surface area contributed by atoms with Crippen molar-refractivity contribution >= 4 is 32.8 Å². The van der Waals surface area contributed by atoms with Gasteiger partial charge in [0.1, 0.15) is 0 Å². The number of rotatable bonds is 2. The van der Waals surface area contributed by atoms with Gasteiger partial charge in [0.05, 0.1) is 10.8 Å². The number of H-pyrrole nitrogens is 1. The summed E-state index contributed by atoms with van der Waals surface area (Å²) < 4.78 is 4.82. The minimum atomic E-state index is -0.546. The van der Waals surface area contributed by atoms with Gasteiger partial charge >= 0.3 is 5.76 Å². The third kappa shape index (κ3) is 1.39. The van der Waals surface area contributed by atoms with Gasteiger partial charge in [-0.25, -0.2) is 4.79 Å². The first kappa shape index (κ1) is 9.21. The highest BCUT2D eigenvalue weighted by molar-refractivity contribution is 9.09. The van der Waals surface area contributed by atoms with Crippen LogP contribution in [0.4, 0.5) is 0 Å². The number of ketones is 1. The van der Waals surface area contributed by atoms with E-state index in [9.17, 15) is 9.59 Å². The van der Waals surface area contributed by atoms with Crippen molar-refractivity contribution in [2.75, 3.05) is 5.33 Å². The fourth-order valence-corrected chi connectivity index (χ4v) is 1.58. The third-order valence-electron chi connectivity index (χ3n) is 1.88. The van der Waals surface area contributed by atoms with Gasteiger partial charge in [0, 0.05) is 5.56 Å². The lowest BCUT2D eigenvalue weighted by atomic mass is 10.1. The molecule has 0 saturated carbocycles. The lowest BCUT2D eigenvalue weighted by molar-refractivity contribution is 0.102. The molecule has 0 unspecified atom stereocenters. The summed E-state index contributed by atoms with van der Waals surface area (Å²) in [4.78, 5) is 24.8. The number of hydrogen-bond acceptors (Lipinski definition) is 3. The van der Waals surface area contributed by atoms with E-state index in [2.05, 4.69) is 20.9 Å². The molecule has 0 radical (unpaired) electrons. The summed E-state index contributed by atoms with van der Waals surface area (Å²) >= 11 is 3.07. The van der Waals surface area contributed by atoms with E-state index in [4.69, 9.17) is 4.42 Å². The Bertz CT molecular complexity index is 540. The third-order valence-corrected chi connectivity index (χ3v) is 2.39. The first-order valence-corrected chi connectivity index (χ1v) is 5.05. The lowest BCUT2D eigenvalue weighted by Gasteiger charge is -1.96. The number of Topliss-reactive ketones (excluding diaryl/α,β-unsaturated/α-hetero) is 1. The topological polar surface area (TPSA) is 63.1 Å². The van der Waals surface area contributed by atoms with Gasteiger partial charge in [-0.3, -0.25) is 9.78 Å². The van der Waals surface area contributed by atoms with Crippen LogP contribution < -0.4 is 5.76 Å². The molecule has 1 aromatic carbocycles.